The molecule has 0 unspecified atom stereocenters. The molecule has 4 rings (SSSR count). The van der Waals surface area contributed by atoms with Crippen LogP contribution >= 0.6 is 0 Å². The van der Waals surface area contributed by atoms with Gasteiger partial charge in [-0.3, -0.25) is 9.10 Å². The van der Waals surface area contributed by atoms with Crippen LogP contribution in [0.3, 0.4) is 0 Å². The maximum atomic E-state index is 12.9. The molecule has 0 aliphatic carbocycles. The Morgan fingerprint density at radius 1 is 1.09 bits per heavy atom. The lowest BCUT2D eigenvalue weighted by molar-refractivity contribution is -0.122. The van der Waals surface area contributed by atoms with Crippen molar-refractivity contribution in [2.45, 2.75) is 24.8 Å². The third-order valence-electron chi connectivity index (χ3n) is 5.18. The molecule has 3 aromatic rings. The fourth-order valence-electron chi connectivity index (χ4n) is 3.38. The van der Waals surface area contributed by atoms with Gasteiger partial charge < -0.3 is 10.1 Å². The van der Waals surface area contributed by atoms with E-state index in [0.717, 1.165) is 0 Å². The van der Waals surface area contributed by atoms with Crippen LogP contribution in [0, 0.1) is 6.92 Å². The van der Waals surface area contributed by atoms with E-state index in [-0.39, 0.29) is 28.9 Å². The summed E-state index contributed by atoms with van der Waals surface area (Å²) >= 11 is 0. The topological polar surface area (TPSA) is 148 Å². The minimum Gasteiger partial charge on any atom is -0.476 e. The van der Waals surface area contributed by atoms with Crippen LogP contribution in [0.4, 0.5) is 17.3 Å². The fraction of sp³-hybridized carbons (Fsp3) is 0.227. The number of benzene rings is 2. The Morgan fingerprint density at radius 3 is 2.49 bits per heavy atom. The van der Waals surface area contributed by atoms with Crippen molar-refractivity contribution < 1.29 is 26.4 Å². The normalized spacial score (nSPS) is 15.6. The summed E-state index contributed by atoms with van der Waals surface area (Å²) in [7, 11) is -7.58. The molecule has 1 aromatic heterocycles. The van der Waals surface area contributed by atoms with Crippen LogP contribution in [0.15, 0.2) is 65.7 Å². The number of anilines is 3. The van der Waals surface area contributed by atoms with Crippen molar-refractivity contribution in [1.29, 1.82) is 0 Å². The van der Waals surface area contributed by atoms with Gasteiger partial charge in [-0.1, -0.05) is 12.1 Å². The second-order valence-corrected chi connectivity index (χ2v) is 11.5. The number of carbonyl (C=O) groups excluding carboxylic acids is 1. The molecule has 0 saturated carbocycles. The van der Waals surface area contributed by atoms with Crippen molar-refractivity contribution in [3.63, 3.8) is 0 Å². The van der Waals surface area contributed by atoms with E-state index in [4.69, 9.17) is 4.74 Å². The van der Waals surface area contributed by atoms with E-state index >= 15 is 0 Å². The number of amides is 1. The molecule has 13 heteroatoms. The molecule has 0 saturated heterocycles. The van der Waals surface area contributed by atoms with Gasteiger partial charge in [-0.25, -0.2) is 31.5 Å². The summed E-state index contributed by atoms with van der Waals surface area (Å²) in [4.78, 5) is 20.7. The van der Waals surface area contributed by atoms with Gasteiger partial charge in [0.1, 0.15) is 5.75 Å². The van der Waals surface area contributed by atoms with Crippen molar-refractivity contribution in [1.82, 2.24) is 9.97 Å². The number of hydrogen-bond donors (Lipinski definition) is 2. The molecular weight excluding hydrogens is 494 g/mol. The van der Waals surface area contributed by atoms with Crippen LogP contribution in [0.25, 0.3) is 0 Å². The van der Waals surface area contributed by atoms with Gasteiger partial charge in [0.25, 0.3) is 15.9 Å². The number of nitrogens with one attached hydrogen (secondary N) is 2. The molecule has 1 amide bonds. The first-order chi connectivity index (χ1) is 16.6. The highest BCUT2D eigenvalue weighted by Crippen LogP contribution is 2.35. The lowest BCUT2D eigenvalue weighted by Gasteiger charge is -2.34. The third kappa shape index (κ3) is 5.35. The standard InChI is InChI=1S/C22H23N5O6S2/c1-3-34(29,30)27-14-20(33-19-7-5-4-6-18(19)27)21(28)25-16-8-10-17(11-9-16)35(31,32)26-22-23-13-12-15(2)24-22/h4-13,20H,3,14H2,1-2H3,(H,25,28)(H,23,24,26)/t20-/m0/s1. The average Bonchev–Trinajstić information content (AvgIpc) is 2.83. The second kappa shape index (κ2) is 9.50. The maximum absolute atomic E-state index is 12.9. The summed E-state index contributed by atoms with van der Waals surface area (Å²) in [6.45, 7) is 3.05. The minimum atomic E-state index is -3.94. The van der Waals surface area contributed by atoms with Crippen molar-refractivity contribution in [2.75, 3.05) is 26.6 Å². The third-order valence-corrected chi connectivity index (χ3v) is 8.27. The lowest BCUT2D eigenvalue weighted by atomic mass is 10.2. The zero-order valence-corrected chi connectivity index (χ0v) is 20.5. The highest BCUT2D eigenvalue weighted by Gasteiger charge is 2.36. The van der Waals surface area contributed by atoms with Gasteiger partial charge in [-0.15, -0.1) is 0 Å². The van der Waals surface area contributed by atoms with Crippen LogP contribution in [0.2, 0.25) is 0 Å². The molecule has 1 aliphatic rings. The van der Waals surface area contributed by atoms with E-state index in [1.807, 2.05) is 0 Å². The SMILES string of the molecule is CCS(=O)(=O)N1C[C@@H](C(=O)Nc2ccc(S(=O)(=O)Nc3nccc(C)n3)cc2)Oc2ccccc21. The first-order valence-electron chi connectivity index (χ1n) is 10.6. The predicted molar refractivity (Wildman–Crippen MR) is 130 cm³/mol. The Kier molecular flexibility index (Phi) is 6.63. The average molecular weight is 518 g/mol. The van der Waals surface area contributed by atoms with E-state index in [9.17, 15) is 21.6 Å². The second-order valence-electron chi connectivity index (χ2n) is 7.65. The molecule has 1 aliphatic heterocycles. The van der Waals surface area contributed by atoms with Gasteiger partial charge in [-0.2, -0.15) is 0 Å². The number of sulfonamides is 2. The van der Waals surface area contributed by atoms with E-state index in [1.165, 1.54) is 41.7 Å². The van der Waals surface area contributed by atoms with Crippen LogP contribution in [0.1, 0.15) is 12.6 Å². The molecule has 2 heterocycles. The number of nitrogens with zero attached hydrogens (tertiary/aromatic N) is 3. The largest absolute Gasteiger partial charge is 0.476 e. The minimum absolute atomic E-state index is 0.0521. The molecule has 1 atom stereocenters. The van der Waals surface area contributed by atoms with Crippen LogP contribution in [0.5, 0.6) is 5.75 Å². The van der Waals surface area contributed by atoms with E-state index < -0.39 is 32.1 Å². The number of hydrogen-bond acceptors (Lipinski definition) is 8. The van der Waals surface area contributed by atoms with Gasteiger partial charge in [-0.05, 0) is 56.3 Å². The number of ether oxygens (including phenoxy) is 1. The van der Waals surface area contributed by atoms with Crippen molar-refractivity contribution in [3.05, 3.63) is 66.5 Å². The maximum Gasteiger partial charge on any atom is 0.267 e. The highest BCUT2D eigenvalue weighted by atomic mass is 32.2. The Balaban J connectivity index is 1.48. The number of aromatic nitrogens is 2. The van der Waals surface area contributed by atoms with Crippen LogP contribution < -0.4 is 19.1 Å². The van der Waals surface area contributed by atoms with Crippen LogP contribution in [-0.4, -0.2) is 51.1 Å². The van der Waals surface area contributed by atoms with Crippen molar-refractivity contribution >= 4 is 43.3 Å². The monoisotopic (exact) mass is 517 g/mol. The van der Waals surface area contributed by atoms with E-state index in [1.54, 1.807) is 37.3 Å². The molecule has 0 fully saturated rings. The molecule has 2 aromatic carbocycles. The van der Waals surface area contributed by atoms with Gasteiger partial charge >= 0.3 is 0 Å². The van der Waals surface area contributed by atoms with E-state index in [0.29, 0.717) is 17.1 Å². The Bertz CT molecular complexity index is 1460. The van der Waals surface area contributed by atoms with Crippen LogP contribution in [-0.2, 0) is 24.8 Å². The molecule has 0 bridgehead atoms. The molecule has 184 valence electrons. The quantitative estimate of drug-likeness (QED) is 0.484. The van der Waals surface area contributed by atoms with Gasteiger partial charge in [0, 0.05) is 17.6 Å². The zero-order valence-electron chi connectivity index (χ0n) is 18.9. The molecule has 11 nitrogen and oxygen atoms in total. The first kappa shape index (κ1) is 24.4. The molecule has 0 radical (unpaired) electrons. The summed E-state index contributed by atoms with van der Waals surface area (Å²) in [5.74, 6) is -0.476. The fourth-order valence-corrected chi connectivity index (χ4v) is 5.45. The summed E-state index contributed by atoms with van der Waals surface area (Å²) in [6, 6.07) is 13.7. The first-order valence-corrected chi connectivity index (χ1v) is 13.7. The van der Waals surface area contributed by atoms with Gasteiger partial charge in [0.05, 0.1) is 22.9 Å². The number of rotatable bonds is 7. The zero-order chi connectivity index (χ0) is 25.2. The summed E-state index contributed by atoms with van der Waals surface area (Å²) < 4.78 is 59.6. The van der Waals surface area contributed by atoms with E-state index in [2.05, 4.69) is 20.0 Å². The predicted octanol–water partition coefficient (Wildman–Crippen LogP) is 2.14. The lowest BCUT2D eigenvalue weighted by Crippen LogP contribution is -2.49. The summed E-state index contributed by atoms with van der Waals surface area (Å²) in [5.41, 5.74) is 1.29. The Labute approximate surface area is 203 Å². The Morgan fingerprint density at radius 2 is 1.80 bits per heavy atom. The molecule has 2 N–H and O–H groups in total. The number of fused-ring (bicyclic) bond motifs is 1. The number of carbonyl (C=O) groups is 1. The number of aryl methyl sites for hydroxylation is 1. The van der Waals surface area contributed by atoms with Gasteiger partial charge in [0.2, 0.25) is 16.0 Å². The van der Waals surface area contributed by atoms with Crippen molar-refractivity contribution in [3.8, 4) is 5.75 Å². The molecule has 35 heavy (non-hydrogen) atoms. The summed E-state index contributed by atoms with van der Waals surface area (Å²) in [5, 5.41) is 2.64. The number of para-hydroxylation sites is 2. The molecular formula is C22H23N5O6S2. The summed E-state index contributed by atoms with van der Waals surface area (Å²) in [6.07, 6.45) is 0.340. The molecule has 0 spiro atoms. The highest BCUT2D eigenvalue weighted by molar-refractivity contribution is 7.93. The smallest absolute Gasteiger partial charge is 0.267 e. The Hall–Kier alpha value is -3.71. The van der Waals surface area contributed by atoms with Gasteiger partial charge in [0.15, 0.2) is 6.10 Å². The van der Waals surface area contributed by atoms with Crippen molar-refractivity contribution in [2.24, 2.45) is 0 Å².